The number of carbonyl (C=O) groups excluding carboxylic acids is 2. The van der Waals surface area contributed by atoms with Crippen LogP contribution < -0.4 is 10.1 Å². The Morgan fingerprint density at radius 1 is 1.06 bits per heavy atom. The molecule has 0 radical (unpaired) electrons. The first-order chi connectivity index (χ1) is 17.0. The van der Waals surface area contributed by atoms with Gasteiger partial charge in [-0.3, -0.25) is 9.59 Å². The van der Waals surface area contributed by atoms with E-state index in [0.717, 1.165) is 54.9 Å². The van der Waals surface area contributed by atoms with Gasteiger partial charge in [0.1, 0.15) is 18.0 Å². The average molecular weight is 597 g/mol. The molecule has 35 heavy (non-hydrogen) atoms. The molecule has 7 nitrogen and oxygen atoms in total. The molecule has 0 aromatic heterocycles. The third kappa shape index (κ3) is 6.38. The van der Waals surface area contributed by atoms with Crippen molar-refractivity contribution in [3.8, 4) is 5.75 Å². The first kappa shape index (κ1) is 26.4. The summed E-state index contributed by atoms with van der Waals surface area (Å²) in [4.78, 5) is 28.8. The second-order valence-corrected chi connectivity index (χ2v) is 11.1. The largest absolute Gasteiger partial charge is 0.482 e. The van der Waals surface area contributed by atoms with E-state index in [2.05, 4.69) is 27.9 Å². The van der Waals surface area contributed by atoms with Crippen molar-refractivity contribution in [1.82, 2.24) is 10.2 Å². The number of aliphatic hydroxyl groups excluding tert-OH is 2. The van der Waals surface area contributed by atoms with Gasteiger partial charge in [-0.2, -0.15) is 0 Å². The summed E-state index contributed by atoms with van der Waals surface area (Å²) in [5.74, 6) is 0.472. The van der Waals surface area contributed by atoms with Gasteiger partial charge in [-0.15, -0.1) is 0 Å². The minimum Gasteiger partial charge on any atom is -0.482 e. The lowest BCUT2D eigenvalue weighted by Crippen LogP contribution is -2.59. The Hall–Kier alpha value is -1.65. The summed E-state index contributed by atoms with van der Waals surface area (Å²) in [6.45, 7) is 0.000419. The number of halogens is 1. The number of hydrogen-bond acceptors (Lipinski definition) is 5. The summed E-state index contributed by atoms with van der Waals surface area (Å²) < 4.78 is 7.16. The van der Waals surface area contributed by atoms with Gasteiger partial charge in [0.15, 0.2) is 0 Å². The van der Waals surface area contributed by atoms with Crippen LogP contribution in [0.5, 0.6) is 5.75 Å². The van der Waals surface area contributed by atoms with E-state index in [1.807, 2.05) is 29.2 Å². The predicted molar refractivity (Wildman–Crippen MR) is 142 cm³/mol. The lowest BCUT2D eigenvalue weighted by Gasteiger charge is -2.46. The van der Waals surface area contributed by atoms with Crippen molar-refractivity contribution in [2.24, 2.45) is 5.92 Å². The molecular formula is C27H37IN2O5. The normalized spacial score (nSPS) is 25.7. The molecule has 0 heterocycles. The SMILES string of the molecule is O=C(NCCO)C1=C[C@H](Oc2ccccc2I)[C@@H](O)[C@H](N(C(=O)C2CCCC2)C2CCCCC2)C1. The second-order valence-electron chi connectivity index (χ2n) is 9.97. The molecule has 3 aliphatic carbocycles. The van der Waals surface area contributed by atoms with Crippen molar-refractivity contribution in [2.45, 2.75) is 88.5 Å². The van der Waals surface area contributed by atoms with Crippen LogP contribution in [0.15, 0.2) is 35.9 Å². The third-order valence-corrected chi connectivity index (χ3v) is 8.49. The Labute approximate surface area is 221 Å². The van der Waals surface area contributed by atoms with E-state index in [1.165, 1.54) is 6.42 Å². The lowest BCUT2D eigenvalue weighted by atomic mass is 9.84. The topological polar surface area (TPSA) is 99.1 Å². The predicted octanol–water partition coefficient (Wildman–Crippen LogP) is 3.56. The number of hydrogen-bond donors (Lipinski definition) is 3. The molecule has 3 aliphatic rings. The van der Waals surface area contributed by atoms with Gasteiger partial charge in [0.2, 0.25) is 11.8 Å². The van der Waals surface area contributed by atoms with Gasteiger partial charge in [-0.1, -0.05) is 44.2 Å². The fourth-order valence-corrected chi connectivity index (χ4v) is 6.31. The quantitative estimate of drug-likeness (QED) is 0.399. The molecular weight excluding hydrogens is 559 g/mol. The summed E-state index contributed by atoms with van der Waals surface area (Å²) in [5.41, 5.74) is 0.490. The third-order valence-electron chi connectivity index (χ3n) is 7.60. The second kappa shape index (κ2) is 12.5. The molecule has 8 heteroatoms. The number of amides is 2. The fourth-order valence-electron chi connectivity index (χ4n) is 5.79. The number of nitrogens with one attached hydrogen (secondary N) is 1. The van der Waals surface area contributed by atoms with Gasteiger partial charge in [-0.25, -0.2) is 0 Å². The van der Waals surface area contributed by atoms with Crippen LogP contribution in [0.2, 0.25) is 0 Å². The smallest absolute Gasteiger partial charge is 0.247 e. The van der Waals surface area contributed by atoms with E-state index < -0.39 is 18.2 Å². The maximum Gasteiger partial charge on any atom is 0.247 e. The Kier molecular flexibility index (Phi) is 9.46. The van der Waals surface area contributed by atoms with E-state index in [-0.39, 0.29) is 43.3 Å². The highest BCUT2D eigenvalue weighted by atomic mass is 127. The highest BCUT2D eigenvalue weighted by Crippen LogP contribution is 2.36. The van der Waals surface area contributed by atoms with E-state index in [9.17, 15) is 19.8 Å². The number of carbonyl (C=O) groups is 2. The van der Waals surface area contributed by atoms with Crippen LogP contribution in [-0.2, 0) is 9.59 Å². The lowest BCUT2D eigenvalue weighted by molar-refractivity contribution is -0.147. The Balaban J connectivity index is 1.66. The Bertz CT molecular complexity index is 911. The number of rotatable bonds is 8. The zero-order chi connectivity index (χ0) is 24.8. The summed E-state index contributed by atoms with van der Waals surface area (Å²) in [5, 5.41) is 23.5. The molecule has 1 aromatic carbocycles. The highest BCUT2D eigenvalue weighted by Gasteiger charge is 2.44. The Morgan fingerprint density at radius 3 is 2.43 bits per heavy atom. The van der Waals surface area contributed by atoms with Gasteiger partial charge in [0.05, 0.1) is 16.2 Å². The van der Waals surface area contributed by atoms with Crippen LogP contribution in [0.1, 0.15) is 64.2 Å². The van der Waals surface area contributed by atoms with Crippen molar-refractivity contribution in [2.75, 3.05) is 13.2 Å². The maximum absolute atomic E-state index is 13.9. The van der Waals surface area contributed by atoms with Crippen LogP contribution >= 0.6 is 22.6 Å². The van der Waals surface area contributed by atoms with Crippen LogP contribution in [0.3, 0.4) is 0 Å². The van der Waals surface area contributed by atoms with Gasteiger partial charge in [0, 0.05) is 30.5 Å². The zero-order valence-electron chi connectivity index (χ0n) is 20.2. The summed E-state index contributed by atoms with van der Waals surface area (Å²) in [6, 6.07) is 7.12. The molecule has 4 rings (SSSR count). The molecule has 3 atom stereocenters. The first-order valence-corrected chi connectivity index (χ1v) is 14.1. The fraction of sp³-hybridized carbons (Fsp3) is 0.630. The molecule has 0 aliphatic heterocycles. The summed E-state index contributed by atoms with van der Waals surface area (Å²) in [7, 11) is 0. The minimum absolute atomic E-state index is 0.00358. The molecule has 192 valence electrons. The average Bonchev–Trinajstić information content (AvgIpc) is 3.42. The molecule has 2 saturated carbocycles. The van der Waals surface area contributed by atoms with Crippen molar-refractivity contribution in [1.29, 1.82) is 0 Å². The van der Waals surface area contributed by atoms with Crippen molar-refractivity contribution in [3.63, 3.8) is 0 Å². The molecule has 0 saturated heterocycles. The van der Waals surface area contributed by atoms with E-state index in [4.69, 9.17) is 4.74 Å². The number of nitrogens with zero attached hydrogens (tertiary/aromatic N) is 1. The van der Waals surface area contributed by atoms with Crippen molar-refractivity contribution >= 4 is 34.4 Å². The van der Waals surface area contributed by atoms with Crippen LogP contribution in [0.4, 0.5) is 0 Å². The van der Waals surface area contributed by atoms with E-state index >= 15 is 0 Å². The number of aliphatic hydroxyl groups is 2. The standard InChI is InChI=1S/C27H37IN2O5/c28-21-12-6-7-13-23(21)35-24-17-19(26(33)29-14-15-31)16-22(25(24)32)30(20-10-2-1-3-11-20)27(34)18-8-4-5-9-18/h6-7,12-13,17-18,20,22,24-25,31-32H,1-5,8-11,14-16H2,(H,29,33)/t22-,24+,25+/m1/s1. The molecule has 0 bridgehead atoms. The molecule has 2 amide bonds. The minimum atomic E-state index is -0.951. The summed E-state index contributed by atoms with van der Waals surface area (Å²) in [6.07, 6.45) is 9.35. The Morgan fingerprint density at radius 2 is 1.74 bits per heavy atom. The summed E-state index contributed by atoms with van der Waals surface area (Å²) >= 11 is 2.19. The van der Waals surface area contributed by atoms with Crippen LogP contribution in [0.25, 0.3) is 0 Å². The van der Waals surface area contributed by atoms with E-state index in [1.54, 1.807) is 6.08 Å². The number of ether oxygens (including phenoxy) is 1. The number of para-hydroxylation sites is 1. The molecule has 0 spiro atoms. The zero-order valence-corrected chi connectivity index (χ0v) is 22.4. The molecule has 3 N–H and O–H groups in total. The molecule has 2 fully saturated rings. The number of benzene rings is 1. The van der Waals surface area contributed by atoms with Gasteiger partial charge >= 0.3 is 0 Å². The molecule has 0 unspecified atom stereocenters. The van der Waals surface area contributed by atoms with Gasteiger partial charge in [-0.05, 0) is 66.5 Å². The van der Waals surface area contributed by atoms with Gasteiger partial charge < -0.3 is 25.2 Å². The monoisotopic (exact) mass is 596 g/mol. The van der Waals surface area contributed by atoms with Crippen molar-refractivity contribution in [3.05, 3.63) is 39.5 Å². The molecule has 1 aromatic rings. The van der Waals surface area contributed by atoms with Crippen LogP contribution in [-0.4, -0.2) is 64.4 Å². The highest BCUT2D eigenvalue weighted by molar-refractivity contribution is 14.1. The first-order valence-electron chi connectivity index (χ1n) is 13.0. The van der Waals surface area contributed by atoms with Crippen LogP contribution in [0, 0.1) is 9.49 Å². The maximum atomic E-state index is 13.9. The van der Waals surface area contributed by atoms with E-state index in [0.29, 0.717) is 11.3 Å². The van der Waals surface area contributed by atoms with Crippen molar-refractivity contribution < 1.29 is 24.5 Å². The van der Waals surface area contributed by atoms with Gasteiger partial charge in [0.25, 0.3) is 0 Å².